The van der Waals surface area contributed by atoms with E-state index in [2.05, 4.69) is 5.32 Å². The van der Waals surface area contributed by atoms with E-state index in [1.165, 1.54) is 18.2 Å². The molecular formula is C31H36F4N4O2. The highest BCUT2D eigenvalue weighted by Crippen LogP contribution is 2.45. The second-order valence-electron chi connectivity index (χ2n) is 10.9. The Bertz CT molecular complexity index is 1340. The second kappa shape index (κ2) is 11.8. The Morgan fingerprint density at radius 3 is 2.27 bits per heavy atom. The third-order valence-corrected chi connectivity index (χ3v) is 8.14. The largest absolute Gasteiger partial charge is 0.416 e. The molecule has 2 aromatic carbocycles. The number of aromatic nitrogens is 1. The maximum Gasteiger partial charge on any atom is 0.416 e. The van der Waals surface area contributed by atoms with E-state index in [-0.39, 0.29) is 31.2 Å². The number of alkyl halides is 3. The van der Waals surface area contributed by atoms with E-state index in [1.807, 2.05) is 21.9 Å². The number of amides is 2. The number of nitrogens with zero attached hydrogens (tertiary/aromatic N) is 3. The van der Waals surface area contributed by atoms with E-state index in [0.717, 1.165) is 54.5 Å². The van der Waals surface area contributed by atoms with Crippen molar-refractivity contribution in [2.75, 3.05) is 42.6 Å². The summed E-state index contributed by atoms with van der Waals surface area (Å²) in [6, 6.07) is 10.1. The van der Waals surface area contributed by atoms with Crippen LogP contribution in [-0.2, 0) is 17.5 Å². The zero-order valence-electron chi connectivity index (χ0n) is 22.1. The normalized spacial score (nSPS) is 17.2. The van der Waals surface area contributed by atoms with E-state index < -0.39 is 11.7 Å². The molecule has 2 heterocycles. The van der Waals surface area contributed by atoms with Crippen molar-refractivity contribution in [1.82, 2.24) is 9.88 Å². The number of anilines is 2. The maximum absolute atomic E-state index is 15.3. The molecule has 2 amide bonds. The lowest BCUT2D eigenvalue weighted by Gasteiger charge is -2.30. The van der Waals surface area contributed by atoms with Crippen LogP contribution < -0.4 is 15.1 Å². The minimum Gasteiger partial charge on any atom is -0.378 e. The van der Waals surface area contributed by atoms with Crippen molar-refractivity contribution in [2.45, 2.75) is 57.8 Å². The van der Waals surface area contributed by atoms with E-state index in [9.17, 15) is 18.0 Å². The lowest BCUT2D eigenvalue weighted by Crippen LogP contribution is -2.45. The number of morpholine rings is 1. The van der Waals surface area contributed by atoms with Crippen LogP contribution in [0.3, 0.4) is 0 Å². The van der Waals surface area contributed by atoms with Crippen molar-refractivity contribution in [3.8, 4) is 0 Å². The van der Waals surface area contributed by atoms with E-state index in [4.69, 9.17) is 4.74 Å². The van der Waals surface area contributed by atoms with Gasteiger partial charge in [-0.3, -0.25) is 4.90 Å². The lowest BCUT2D eigenvalue weighted by molar-refractivity contribution is -0.137. The summed E-state index contributed by atoms with van der Waals surface area (Å²) < 4.78 is 61.2. The molecule has 1 aliphatic heterocycles. The summed E-state index contributed by atoms with van der Waals surface area (Å²) >= 11 is 0. The fourth-order valence-corrected chi connectivity index (χ4v) is 5.86. The molecule has 6 rings (SSSR count). The van der Waals surface area contributed by atoms with E-state index in [1.54, 1.807) is 17.0 Å². The topological polar surface area (TPSA) is 49.7 Å². The number of urea groups is 1. The highest BCUT2D eigenvalue weighted by Gasteiger charge is 2.38. The van der Waals surface area contributed by atoms with Gasteiger partial charge in [0, 0.05) is 56.2 Å². The fraction of sp³-hybridized carbons (Fsp3) is 0.452. The van der Waals surface area contributed by atoms with Gasteiger partial charge in [0.2, 0.25) is 0 Å². The molecule has 3 aliphatic rings. The molecule has 1 saturated carbocycles. The third kappa shape index (κ3) is 6.37. The van der Waals surface area contributed by atoms with Crippen molar-refractivity contribution >= 4 is 17.4 Å². The Morgan fingerprint density at radius 2 is 1.66 bits per heavy atom. The quantitative estimate of drug-likeness (QED) is 0.318. The molecular weight excluding hydrogens is 536 g/mol. The van der Waals surface area contributed by atoms with Crippen molar-refractivity contribution in [3.05, 3.63) is 82.9 Å². The van der Waals surface area contributed by atoms with Gasteiger partial charge in [0.1, 0.15) is 5.82 Å². The Morgan fingerprint density at radius 1 is 1.00 bits per heavy atom. The van der Waals surface area contributed by atoms with Gasteiger partial charge < -0.3 is 19.5 Å². The predicted octanol–water partition coefficient (Wildman–Crippen LogP) is 6.77. The van der Waals surface area contributed by atoms with Crippen LogP contribution in [0.15, 0.2) is 54.9 Å². The summed E-state index contributed by atoms with van der Waals surface area (Å²) in [5, 5.41) is 3.14. The Hall–Kier alpha value is -3.53. The average Bonchev–Trinajstić information content (AvgIpc) is 3.28. The number of ether oxygens (including phenoxy) is 1. The van der Waals surface area contributed by atoms with Gasteiger partial charge in [-0.2, -0.15) is 13.2 Å². The number of carbonyl (C=O) groups excluding carboxylic acids is 1. The third-order valence-electron chi connectivity index (χ3n) is 8.14. The van der Waals surface area contributed by atoms with Gasteiger partial charge in [0.05, 0.1) is 24.5 Å². The first kappa shape index (κ1) is 29.0. The maximum atomic E-state index is 15.3. The lowest BCUT2D eigenvalue weighted by atomic mass is 10.1. The van der Waals surface area contributed by atoms with Crippen LogP contribution in [0.4, 0.5) is 33.7 Å². The number of hydrogen-bond donors (Lipinski definition) is 1. The molecule has 2 aliphatic carbocycles. The van der Waals surface area contributed by atoms with Crippen LogP contribution in [0, 0.1) is 5.82 Å². The molecule has 0 unspecified atom stereocenters. The first-order valence-corrected chi connectivity index (χ1v) is 13.8. The van der Waals surface area contributed by atoms with Crippen molar-refractivity contribution < 1.29 is 27.1 Å². The fourth-order valence-electron chi connectivity index (χ4n) is 5.86. The number of nitrogens with one attached hydrogen (secondary N) is 1. The summed E-state index contributed by atoms with van der Waals surface area (Å²) in [6.45, 7) is 3.20. The van der Waals surface area contributed by atoms with Gasteiger partial charge >= 0.3 is 12.2 Å². The molecule has 0 radical (unpaired) electrons. The summed E-state index contributed by atoms with van der Waals surface area (Å²) in [7, 11) is 0. The van der Waals surface area contributed by atoms with Crippen molar-refractivity contribution in [2.24, 2.45) is 0 Å². The van der Waals surface area contributed by atoms with Gasteiger partial charge in [0.15, 0.2) is 0 Å². The minimum absolute atomic E-state index is 0. The Kier molecular flexibility index (Phi) is 8.31. The second-order valence-corrected chi connectivity index (χ2v) is 10.9. The standard InChI is InChI=1S/C30H32F4N4O2.CH4/c31-27-15-23(9-10-28(27)37-11-13-40-14-12-37)38(29(39)35-22-3-1-2-4-22)19-26-24-17-36(18-25(24)26)16-20-5-7-21(8-6-20)30(32,33)34;/h5-10,15,17-18,22,26H,1-4,11-14,16,19H2,(H,35,39);1H4. The molecule has 3 aromatic rings. The van der Waals surface area contributed by atoms with Gasteiger partial charge in [0.25, 0.3) is 0 Å². The van der Waals surface area contributed by atoms with Crippen LogP contribution in [0.1, 0.15) is 61.3 Å². The molecule has 0 atom stereocenters. The van der Waals surface area contributed by atoms with Gasteiger partial charge in [-0.15, -0.1) is 0 Å². The number of hydrogen-bond acceptors (Lipinski definition) is 3. The molecule has 2 fully saturated rings. The first-order chi connectivity index (χ1) is 19.3. The minimum atomic E-state index is -4.35. The van der Waals surface area contributed by atoms with Crippen molar-refractivity contribution in [3.63, 3.8) is 0 Å². The van der Waals surface area contributed by atoms with Gasteiger partial charge in [-0.05, 0) is 59.9 Å². The van der Waals surface area contributed by atoms with Crippen LogP contribution >= 0.6 is 0 Å². The number of rotatable bonds is 7. The number of fused-ring (bicyclic) bond motifs is 1. The number of carbonyl (C=O) groups is 1. The van der Waals surface area contributed by atoms with E-state index in [0.29, 0.717) is 50.8 Å². The molecule has 6 nitrogen and oxygen atoms in total. The molecule has 0 spiro atoms. The van der Waals surface area contributed by atoms with Crippen LogP contribution in [0.25, 0.3) is 0 Å². The highest BCUT2D eigenvalue weighted by molar-refractivity contribution is 5.93. The molecule has 220 valence electrons. The average molecular weight is 573 g/mol. The SMILES string of the molecule is C.O=C(NC1CCCC1)N(CC1c2cn(Cc3ccc(C(F)(F)F)cc3)cc21)c1ccc(N2CCOCC2)c(F)c1. The highest BCUT2D eigenvalue weighted by atomic mass is 19.4. The van der Waals surface area contributed by atoms with Gasteiger partial charge in [-0.25, -0.2) is 9.18 Å². The molecule has 10 heteroatoms. The zero-order valence-corrected chi connectivity index (χ0v) is 22.1. The zero-order chi connectivity index (χ0) is 27.9. The van der Waals surface area contributed by atoms with Gasteiger partial charge in [-0.1, -0.05) is 32.4 Å². The molecule has 0 bridgehead atoms. The van der Waals surface area contributed by atoms with Crippen molar-refractivity contribution in [1.29, 1.82) is 0 Å². The van der Waals surface area contributed by atoms with E-state index >= 15 is 4.39 Å². The Balaban J connectivity index is 0.00000337. The summed E-state index contributed by atoms with van der Waals surface area (Å²) in [4.78, 5) is 17.0. The number of halogens is 4. The smallest absolute Gasteiger partial charge is 0.378 e. The summed E-state index contributed by atoms with van der Waals surface area (Å²) in [5.41, 5.74) is 3.32. The summed E-state index contributed by atoms with van der Waals surface area (Å²) in [5.74, 6) is -0.324. The number of benzene rings is 2. The Labute approximate surface area is 237 Å². The monoisotopic (exact) mass is 572 g/mol. The van der Waals surface area contributed by atoms with Crippen LogP contribution in [0.5, 0.6) is 0 Å². The predicted molar refractivity (Wildman–Crippen MR) is 151 cm³/mol. The molecule has 1 saturated heterocycles. The van der Waals surface area contributed by atoms with Crippen LogP contribution in [-0.4, -0.2) is 49.5 Å². The molecule has 41 heavy (non-hydrogen) atoms. The first-order valence-electron chi connectivity index (χ1n) is 13.8. The molecule has 1 N–H and O–H groups in total. The molecule has 1 aromatic heterocycles. The summed E-state index contributed by atoms with van der Waals surface area (Å²) in [6.07, 6.45) is 3.67. The van der Waals surface area contributed by atoms with Crippen LogP contribution in [0.2, 0.25) is 0 Å².